The molecule has 1 aliphatic rings. The first kappa shape index (κ1) is 15.3. The van der Waals surface area contributed by atoms with E-state index >= 15 is 0 Å². The topological polar surface area (TPSA) is 67.4 Å². The van der Waals surface area contributed by atoms with Crippen molar-refractivity contribution in [2.75, 3.05) is 19.7 Å². The molecular formula is C14H22N2O3S. The van der Waals surface area contributed by atoms with Crippen LogP contribution in [0.1, 0.15) is 26.2 Å². The Hall–Kier alpha value is -1.11. The SMILES string of the molecule is CCCNS(=O)(=O)c1ccccc1OCC1CCCN1. The first-order chi connectivity index (χ1) is 9.63. The number of hydrogen-bond donors (Lipinski definition) is 2. The van der Waals surface area contributed by atoms with E-state index in [2.05, 4.69) is 10.0 Å². The second-order valence-corrected chi connectivity index (χ2v) is 6.68. The molecule has 1 atom stereocenters. The van der Waals surface area contributed by atoms with Gasteiger partial charge in [0.15, 0.2) is 0 Å². The zero-order valence-corrected chi connectivity index (χ0v) is 12.6. The van der Waals surface area contributed by atoms with E-state index in [1.165, 1.54) is 0 Å². The lowest BCUT2D eigenvalue weighted by Gasteiger charge is -2.15. The molecule has 112 valence electrons. The third-order valence-electron chi connectivity index (χ3n) is 3.28. The molecule has 0 bridgehead atoms. The Labute approximate surface area is 120 Å². The predicted molar refractivity (Wildman–Crippen MR) is 78.4 cm³/mol. The fraction of sp³-hybridized carbons (Fsp3) is 0.571. The van der Waals surface area contributed by atoms with Crippen LogP contribution in [0.15, 0.2) is 29.2 Å². The zero-order valence-electron chi connectivity index (χ0n) is 11.8. The fourth-order valence-electron chi connectivity index (χ4n) is 2.19. The predicted octanol–water partition coefficient (Wildman–Crippen LogP) is 1.51. The van der Waals surface area contributed by atoms with Gasteiger partial charge in [-0.05, 0) is 37.9 Å². The average Bonchev–Trinajstić information content (AvgIpc) is 2.96. The molecule has 1 fully saturated rings. The van der Waals surface area contributed by atoms with Gasteiger partial charge < -0.3 is 10.1 Å². The van der Waals surface area contributed by atoms with Gasteiger partial charge in [-0.3, -0.25) is 0 Å². The highest BCUT2D eigenvalue weighted by atomic mass is 32.2. The molecule has 1 aromatic rings. The number of ether oxygens (including phenoxy) is 1. The summed E-state index contributed by atoms with van der Waals surface area (Å²) in [6, 6.07) is 7.09. The van der Waals surface area contributed by atoms with Crippen LogP contribution in [0, 0.1) is 0 Å². The summed E-state index contributed by atoms with van der Waals surface area (Å²) in [5, 5.41) is 3.33. The molecular weight excluding hydrogens is 276 g/mol. The lowest BCUT2D eigenvalue weighted by Crippen LogP contribution is -2.29. The Morgan fingerprint density at radius 3 is 2.90 bits per heavy atom. The number of benzene rings is 1. The van der Waals surface area contributed by atoms with Gasteiger partial charge in [0.2, 0.25) is 10.0 Å². The number of hydrogen-bond acceptors (Lipinski definition) is 4. The van der Waals surface area contributed by atoms with E-state index in [0.29, 0.717) is 24.9 Å². The van der Waals surface area contributed by atoms with Crippen LogP contribution >= 0.6 is 0 Å². The molecule has 6 heteroatoms. The molecule has 2 rings (SSSR count). The van der Waals surface area contributed by atoms with Crippen molar-refractivity contribution in [3.8, 4) is 5.75 Å². The van der Waals surface area contributed by atoms with Crippen molar-refractivity contribution in [3.63, 3.8) is 0 Å². The number of nitrogens with one attached hydrogen (secondary N) is 2. The van der Waals surface area contributed by atoms with Gasteiger partial charge in [0.1, 0.15) is 17.3 Å². The van der Waals surface area contributed by atoms with Crippen molar-refractivity contribution >= 4 is 10.0 Å². The summed E-state index contributed by atoms with van der Waals surface area (Å²) < 4.78 is 32.7. The third kappa shape index (κ3) is 3.94. The van der Waals surface area contributed by atoms with Crippen LogP contribution in [0.3, 0.4) is 0 Å². The Bertz CT molecular complexity index is 525. The molecule has 0 saturated carbocycles. The van der Waals surface area contributed by atoms with Gasteiger partial charge in [-0.1, -0.05) is 19.1 Å². The van der Waals surface area contributed by atoms with Crippen LogP contribution in [-0.4, -0.2) is 34.2 Å². The smallest absolute Gasteiger partial charge is 0.244 e. The highest BCUT2D eigenvalue weighted by Gasteiger charge is 2.20. The quantitative estimate of drug-likeness (QED) is 0.800. The summed E-state index contributed by atoms with van der Waals surface area (Å²) in [7, 11) is -3.49. The number of sulfonamides is 1. The van der Waals surface area contributed by atoms with E-state index < -0.39 is 10.0 Å². The molecule has 1 aromatic carbocycles. The summed E-state index contributed by atoms with van der Waals surface area (Å²) >= 11 is 0. The first-order valence-electron chi connectivity index (χ1n) is 7.08. The molecule has 1 saturated heterocycles. The Morgan fingerprint density at radius 1 is 1.40 bits per heavy atom. The summed E-state index contributed by atoms with van der Waals surface area (Å²) in [6.07, 6.45) is 2.98. The van der Waals surface area contributed by atoms with Gasteiger partial charge in [-0.25, -0.2) is 13.1 Å². The van der Waals surface area contributed by atoms with Crippen LogP contribution in [-0.2, 0) is 10.0 Å². The molecule has 5 nitrogen and oxygen atoms in total. The molecule has 1 aliphatic heterocycles. The highest BCUT2D eigenvalue weighted by molar-refractivity contribution is 7.89. The maximum absolute atomic E-state index is 12.2. The fourth-order valence-corrected chi connectivity index (χ4v) is 3.47. The molecule has 0 amide bonds. The minimum Gasteiger partial charge on any atom is -0.491 e. The Morgan fingerprint density at radius 2 is 2.20 bits per heavy atom. The standard InChI is InChI=1S/C14H22N2O3S/c1-2-9-16-20(17,18)14-8-4-3-7-13(14)19-11-12-6-5-10-15-12/h3-4,7-8,12,15-16H,2,5-6,9-11H2,1H3. The second-order valence-electron chi connectivity index (χ2n) is 4.95. The maximum atomic E-state index is 12.2. The van der Waals surface area contributed by atoms with E-state index in [9.17, 15) is 8.42 Å². The summed E-state index contributed by atoms with van der Waals surface area (Å²) in [6.45, 7) is 3.86. The van der Waals surface area contributed by atoms with Gasteiger partial charge in [0.25, 0.3) is 0 Å². The van der Waals surface area contributed by atoms with E-state index in [-0.39, 0.29) is 4.90 Å². The monoisotopic (exact) mass is 298 g/mol. The van der Waals surface area contributed by atoms with Gasteiger partial charge in [-0.2, -0.15) is 0 Å². The third-order valence-corrected chi connectivity index (χ3v) is 4.78. The molecule has 2 N–H and O–H groups in total. The average molecular weight is 298 g/mol. The van der Waals surface area contributed by atoms with Gasteiger partial charge >= 0.3 is 0 Å². The van der Waals surface area contributed by atoms with Crippen molar-refractivity contribution in [2.24, 2.45) is 0 Å². The number of para-hydroxylation sites is 1. The largest absolute Gasteiger partial charge is 0.491 e. The van der Waals surface area contributed by atoms with Crippen molar-refractivity contribution < 1.29 is 13.2 Å². The van der Waals surface area contributed by atoms with E-state index in [4.69, 9.17) is 4.74 Å². The lowest BCUT2D eigenvalue weighted by molar-refractivity contribution is 0.270. The van der Waals surface area contributed by atoms with Crippen molar-refractivity contribution in [2.45, 2.75) is 37.1 Å². The summed E-state index contributed by atoms with van der Waals surface area (Å²) in [5.74, 6) is 0.421. The van der Waals surface area contributed by atoms with Crippen molar-refractivity contribution in [1.29, 1.82) is 0 Å². The molecule has 0 radical (unpaired) electrons. The molecule has 0 spiro atoms. The van der Waals surface area contributed by atoms with Crippen molar-refractivity contribution in [3.05, 3.63) is 24.3 Å². The normalized spacial score (nSPS) is 19.1. The van der Waals surface area contributed by atoms with E-state index in [0.717, 1.165) is 25.8 Å². The second kappa shape index (κ2) is 7.06. The Balaban J connectivity index is 2.08. The van der Waals surface area contributed by atoms with E-state index in [1.54, 1.807) is 24.3 Å². The highest BCUT2D eigenvalue weighted by Crippen LogP contribution is 2.23. The van der Waals surface area contributed by atoms with Gasteiger partial charge in [-0.15, -0.1) is 0 Å². The lowest BCUT2D eigenvalue weighted by atomic mass is 10.2. The zero-order chi connectivity index (χ0) is 14.4. The molecule has 0 aromatic heterocycles. The van der Waals surface area contributed by atoms with Crippen molar-refractivity contribution in [1.82, 2.24) is 10.0 Å². The van der Waals surface area contributed by atoms with Crippen LogP contribution in [0.25, 0.3) is 0 Å². The molecule has 20 heavy (non-hydrogen) atoms. The minimum atomic E-state index is -3.49. The maximum Gasteiger partial charge on any atom is 0.244 e. The Kier molecular flexibility index (Phi) is 5.39. The molecule has 1 unspecified atom stereocenters. The van der Waals surface area contributed by atoms with Gasteiger partial charge in [0.05, 0.1) is 0 Å². The number of rotatable bonds is 7. The molecule has 1 heterocycles. The van der Waals surface area contributed by atoms with Crippen LogP contribution in [0.4, 0.5) is 0 Å². The summed E-state index contributed by atoms with van der Waals surface area (Å²) in [5.41, 5.74) is 0. The van der Waals surface area contributed by atoms with E-state index in [1.807, 2.05) is 6.92 Å². The first-order valence-corrected chi connectivity index (χ1v) is 8.56. The van der Waals surface area contributed by atoms with Crippen LogP contribution < -0.4 is 14.8 Å². The van der Waals surface area contributed by atoms with Gasteiger partial charge in [0, 0.05) is 12.6 Å². The van der Waals surface area contributed by atoms with Crippen LogP contribution in [0.5, 0.6) is 5.75 Å². The summed E-state index contributed by atoms with van der Waals surface area (Å²) in [4.78, 5) is 0.214. The van der Waals surface area contributed by atoms with Crippen LogP contribution in [0.2, 0.25) is 0 Å². The minimum absolute atomic E-state index is 0.214. The molecule has 0 aliphatic carbocycles.